The summed E-state index contributed by atoms with van der Waals surface area (Å²) in [6, 6.07) is 33.8. The quantitative estimate of drug-likeness (QED) is 0.173. The lowest BCUT2D eigenvalue weighted by molar-refractivity contribution is 0.0954. The summed E-state index contributed by atoms with van der Waals surface area (Å²) in [5, 5.41) is 14.7. The first-order chi connectivity index (χ1) is 19.5. The van der Waals surface area contributed by atoms with Crippen LogP contribution in [-0.2, 0) is 13.1 Å². The molecule has 6 heteroatoms. The van der Waals surface area contributed by atoms with Crippen molar-refractivity contribution in [2.45, 2.75) is 26.4 Å². The fourth-order valence-electron chi connectivity index (χ4n) is 4.83. The average molecular weight is 531 g/mol. The van der Waals surface area contributed by atoms with Crippen molar-refractivity contribution in [1.82, 2.24) is 15.2 Å². The Morgan fingerprint density at radius 2 is 1.50 bits per heavy atom. The second-order valence-corrected chi connectivity index (χ2v) is 10.0. The first-order valence-electron chi connectivity index (χ1n) is 13.6. The average Bonchev–Trinajstić information content (AvgIpc) is 3.31. The molecular weight excluding hydrogens is 496 g/mol. The van der Waals surface area contributed by atoms with E-state index < -0.39 is 0 Å². The van der Waals surface area contributed by atoms with Crippen LogP contribution in [0.3, 0.4) is 0 Å². The molecule has 0 saturated heterocycles. The molecule has 5 rings (SSSR count). The minimum Gasteiger partial charge on any atom is -0.494 e. The number of fused-ring (bicyclic) bond motifs is 1. The third kappa shape index (κ3) is 6.30. The molecule has 1 amide bonds. The van der Waals surface area contributed by atoms with Gasteiger partial charge in [0.1, 0.15) is 0 Å². The lowest BCUT2D eigenvalue weighted by Gasteiger charge is -2.17. The van der Waals surface area contributed by atoms with Gasteiger partial charge in [-0.1, -0.05) is 79.7 Å². The maximum atomic E-state index is 12.7. The van der Waals surface area contributed by atoms with E-state index in [4.69, 9.17) is 4.99 Å². The zero-order valence-corrected chi connectivity index (χ0v) is 22.9. The molecule has 0 aliphatic heterocycles. The summed E-state index contributed by atoms with van der Waals surface area (Å²) in [4.78, 5) is 23.0. The van der Waals surface area contributed by atoms with Crippen molar-refractivity contribution < 1.29 is 9.90 Å². The number of carbonyl (C=O) groups excluding carboxylic acids is 1. The molecule has 0 aliphatic carbocycles. The van der Waals surface area contributed by atoms with Crippen LogP contribution < -0.4 is 5.32 Å². The van der Waals surface area contributed by atoms with Crippen LogP contribution in [0, 0.1) is 0 Å². The lowest BCUT2D eigenvalue weighted by atomic mass is 9.99. The Morgan fingerprint density at radius 3 is 2.17 bits per heavy atom. The smallest absolute Gasteiger partial charge is 0.251 e. The van der Waals surface area contributed by atoms with Gasteiger partial charge in [0, 0.05) is 41.7 Å². The highest BCUT2D eigenvalue weighted by Gasteiger charge is 2.20. The van der Waals surface area contributed by atoms with Crippen molar-refractivity contribution in [3.8, 4) is 5.88 Å². The van der Waals surface area contributed by atoms with E-state index in [0.717, 1.165) is 41.7 Å². The van der Waals surface area contributed by atoms with Crippen molar-refractivity contribution in [3.63, 3.8) is 0 Å². The Hall–Kier alpha value is -4.68. The number of nitrogens with zero attached hydrogens (tertiary/aromatic N) is 2. The third-order valence-electron chi connectivity index (χ3n) is 6.79. The predicted octanol–water partition coefficient (Wildman–Crippen LogP) is 6.81. The largest absolute Gasteiger partial charge is 0.494 e. The van der Waals surface area contributed by atoms with E-state index in [1.54, 1.807) is 6.07 Å². The second-order valence-electron chi connectivity index (χ2n) is 10.0. The second kappa shape index (κ2) is 12.5. The molecule has 202 valence electrons. The van der Waals surface area contributed by atoms with E-state index >= 15 is 0 Å². The predicted molar refractivity (Wildman–Crippen MR) is 162 cm³/mol. The van der Waals surface area contributed by atoms with E-state index in [1.165, 1.54) is 11.1 Å². The zero-order valence-electron chi connectivity index (χ0n) is 22.9. The van der Waals surface area contributed by atoms with E-state index in [2.05, 4.69) is 58.6 Å². The van der Waals surface area contributed by atoms with Crippen molar-refractivity contribution in [1.29, 1.82) is 0 Å². The Balaban J connectivity index is 1.47. The van der Waals surface area contributed by atoms with Gasteiger partial charge >= 0.3 is 0 Å². The van der Waals surface area contributed by atoms with Crippen LogP contribution in [0.5, 0.6) is 5.88 Å². The highest BCUT2D eigenvalue weighted by atomic mass is 16.3. The molecule has 0 bridgehead atoms. The number of hydrogen-bond acceptors (Lipinski definition) is 4. The monoisotopic (exact) mass is 530 g/mol. The number of nitrogens with one attached hydrogen (secondary N) is 2. The molecule has 40 heavy (non-hydrogen) atoms. The van der Waals surface area contributed by atoms with Gasteiger partial charge in [-0.3, -0.25) is 9.69 Å². The molecule has 0 fully saturated rings. The van der Waals surface area contributed by atoms with Crippen LogP contribution in [0.25, 0.3) is 10.9 Å². The van der Waals surface area contributed by atoms with E-state index in [-0.39, 0.29) is 11.8 Å². The molecule has 0 spiro atoms. The number of benzene rings is 4. The summed E-state index contributed by atoms with van der Waals surface area (Å²) in [5.74, 6) is -0.121. The summed E-state index contributed by atoms with van der Waals surface area (Å²) in [6.45, 7) is 4.31. The SMILES string of the molecule is CCCNC(=O)c1ccc2[nH]c(O)c(C(=Nc3ccc(CN(C)Cc4ccccc4)cc3)c3ccccc3)c2c1. The number of carbonyl (C=O) groups is 1. The van der Waals surface area contributed by atoms with E-state index in [9.17, 15) is 9.90 Å². The van der Waals surface area contributed by atoms with Gasteiger partial charge in [-0.15, -0.1) is 0 Å². The van der Waals surface area contributed by atoms with Gasteiger partial charge < -0.3 is 15.4 Å². The van der Waals surface area contributed by atoms with Crippen LogP contribution >= 0.6 is 0 Å². The minimum absolute atomic E-state index is 0.0166. The summed E-state index contributed by atoms with van der Waals surface area (Å²) in [7, 11) is 2.11. The number of aromatic amines is 1. The molecule has 5 aromatic rings. The van der Waals surface area contributed by atoms with Gasteiger partial charge in [-0.05, 0) is 54.9 Å². The maximum absolute atomic E-state index is 12.7. The van der Waals surface area contributed by atoms with Gasteiger partial charge in [0.05, 0.1) is 17.0 Å². The summed E-state index contributed by atoms with van der Waals surface area (Å²) in [5.41, 5.74) is 6.59. The molecule has 0 atom stereocenters. The van der Waals surface area contributed by atoms with Gasteiger partial charge in [-0.25, -0.2) is 4.99 Å². The van der Waals surface area contributed by atoms with E-state index in [1.807, 2.05) is 67.6 Å². The topological polar surface area (TPSA) is 80.7 Å². The minimum atomic E-state index is -0.138. The number of aromatic nitrogens is 1. The molecule has 1 aromatic heterocycles. The normalized spacial score (nSPS) is 11.7. The number of amides is 1. The van der Waals surface area contributed by atoms with Gasteiger partial charge in [0.25, 0.3) is 5.91 Å². The lowest BCUT2D eigenvalue weighted by Crippen LogP contribution is -2.23. The highest BCUT2D eigenvalue weighted by Crippen LogP contribution is 2.32. The number of hydrogen-bond donors (Lipinski definition) is 3. The molecule has 0 saturated carbocycles. The summed E-state index contributed by atoms with van der Waals surface area (Å²) >= 11 is 0. The molecule has 0 radical (unpaired) electrons. The molecule has 4 aromatic carbocycles. The molecule has 0 unspecified atom stereocenters. The fraction of sp³-hybridized carbons (Fsp3) is 0.176. The summed E-state index contributed by atoms with van der Waals surface area (Å²) in [6.07, 6.45) is 0.858. The van der Waals surface area contributed by atoms with E-state index in [0.29, 0.717) is 23.4 Å². The van der Waals surface area contributed by atoms with Gasteiger partial charge in [0.2, 0.25) is 0 Å². The molecule has 0 aliphatic rings. The zero-order chi connectivity index (χ0) is 27.9. The number of aromatic hydroxyl groups is 1. The fourth-order valence-corrected chi connectivity index (χ4v) is 4.83. The highest BCUT2D eigenvalue weighted by molar-refractivity contribution is 6.22. The standard InChI is InChI=1S/C34H34N4O2/c1-3-20-35-33(39)27-16-19-30-29(21-27)31(34(40)37-30)32(26-12-8-5-9-13-26)36-28-17-14-25(15-18-28)23-38(2)22-24-10-6-4-7-11-24/h4-19,21,37,40H,3,20,22-23H2,1-2H3,(H,35,39). The third-order valence-corrected chi connectivity index (χ3v) is 6.79. The van der Waals surface area contributed by atoms with Crippen molar-refractivity contribution in [2.75, 3.05) is 13.6 Å². The van der Waals surface area contributed by atoms with Crippen LogP contribution in [0.4, 0.5) is 5.69 Å². The van der Waals surface area contributed by atoms with Gasteiger partial charge in [0.15, 0.2) is 5.88 Å². The van der Waals surface area contributed by atoms with Crippen molar-refractivity contribution in [2.24, 2.45) is 4.99 Å². The number of rotatable bonds is 10. The maximum Gasteiger partial charge on any atom is 0.251 e. The Kier molecular flexibility index (Phi) is 8.38. The number of aliphatic imine (C=N–C) groups is 1. The van der Waals surface area contributed by atoms with Crippen LogP contribution in [0.15, 0.2) is 108 Å². The van der Waals surface area contributed by atoms with Crippen LogP contribution in [0.1, 0.15) is 46.0 Å². The Labute approximate surface area is 235 Å². The van der Waals surface area contributed by atoms with Crippen LogP contribution in [0.2, 0.25) is 0 Å². The first-order valence-corrected chi connectivity index (χ1v) is 13.6. The Morgan fingerprint density at radius 1 is 0.850 bits per heavy atom. The first kappa shape index (κ1) is 26.9. The Bertz CT molecular complexity index is 1610. The molecule has 6 nitrogen and oxygen atoms in total. The van der Waals surface area contributed by atoms with Crippen LogP contribution in [-0.4, -0.2) is 40.2 Å². The molecule has 1 heterocycles. The van der Waals surface area contributed by atoms with Crippen molar-refractivity contribution >= 4 is 28.2 Å². The molecule has 3 N–H and O–H groups in total. The molecular formula is C34H34N4O2. The van der Waals surface area contributed by atoms with Gasteiger partial charge in [-0.2, -0.15) is 0 Å². The van der Waals surface area contributed by atoms with Crippen molar-refractivity contribution in [3.05, 3.63) is 131 Å². The number of H-pyrrole nitrogens is 1. The summed E-state index contributed by atoms with van der Waals surface area (Å²) < 4.78 is 0.